The number of benzene rings is 1. The van der Waals surface area contributed by atoms with Gasteiger partial charge in [0, 0.05) is 31.4 Å². The van der Waals surface area contributed by atoms with Gasteiger partial charge >= 0.3 is 0 Å². The lowest BCUT2D eigenvalue weighted by molar-refractivity contribution is -0.123. The molecule has 1 aromatic carbocycles. The van der Waals surface area contributed by atoms with Gasteiger partial charge < -0.3 is 10.2 Å². The van der Waals surface area contributed by atoms with Crippen LogP contribution in [0.5, 0.6) is 0 Å². The smallest absolute Gasteiger partial charge is 0.247 e. The van der Waals surface area contributed by atoms with Crippen LogP contribution >= 0.6 is 11.6 Å². The number of carbonyl (C=O) groups excluding carboxylic acids is 2. The molecule has 1 aliphatic carbocycles. The lowest BCUT2D eigenvalue weighted by Crippen LogP contribution is -2.35. The predicted molar refractivity (Wildman–Crippen MR) is 128 cm³/mol. The molecule has 0 unspecified atom stereocenters. The number of hydrogen-bond acceptors (Lipinski definition) is 5. The summed E-state index contributed by atoms with van der Waals surface area (Å²) in [6.07, 6.45) is 5.53. The Morgan fingerprint density at radius 3 is 2.77 bits per heavy atom. The number of carbonyl (C=O) groups is 2. The molecule has 2 aromatic heterocycles. The number of nitriles is 1. The van der Waals surface area contributed by atoms with Crippen molar-refractivity contribution in [3.63, 3.8) is 0 Å². The second-order valence-electron chi connectivity index (χ2n) is 9.07. The van der Waals surface area contributed by atoms with Crippen molar-refractivity contribution in [2.45, 2.75) is 25.7 Å². The first kappa shape index (κ1) is 23.0. The number of nitrogens with zero attached hydrogens (tertiary/aromatic N) is 5. The van der Waals surface area contributed by atoms with E-state index >= 15 is 0 Å². The van der Waals surface area contributed by atoms with Crippen LogP contribution in [0.4, 0.5) is 15.9 Å². The fraction of sp³-hybridized carbons (Fsp3) is 0.320. The summed E-state index contributed by atoms with van der Waals surface area (Å²) >= 11 is 6.19. The lowest BCUT2D eigenvalue weighted by atomic mass is 9.83. The third kappa shape index (κ3) is 4.49. The quantitative estimate of drug-likeness (QED) is 0.521. The summed E-state index contributed by atoms with van der Waals surface area (Å²) < 4.78 is 15.8. The number of anilines is 2. The molecule has 3 aromatic rings. The highest BCUT2D eigenvalue weighted by Crippen LogP contribution is 2.52. The average Bonchev–Trinajstić information content (AvgIpc) is 3.47. The van der Waals surface area contributed by atoms with E-state index in [1.165, 1.54) is 17.0 Å². The molecule has 35 heavy (non-hydrogen) atoms. The van der Waals surface area contributed by atoms with Gasteiger partial charge in [0.2, 0.25) is 11.8 Å². The minimum absolute atomic E-state index is 0.0869. The minimum atomic E-state index is -0.984. The van der Waals surface area contributed by atoms with E-state index in [0.717, 1.165) is 18.4 Å². The Hall–Kier alpha value is -3.77. The van der Waals surface area contributed by atoms with E-state index in [-0.39, 0.29) is 29.2 Å². The Morgan fingerprint density at radius 1 is 1.29 bits per heavy atom. The molecule has 1 atom stereocenters. The maximum atomic E-state index is 14.2. The van der Waals surface area contributed by atoms with Gasteiger partial charge in [-0.1, -0.05) is 17.7 Å². The largest absolute Gasteiger partial charge is 0.311 e. The molecule has 5 rings (SSSR count). The topological polar surface area (TPSA) is 104 Å². The van der Waals surface area contributed by atoms with Gasteiger partial charge in [-0.2, -0.15) is 10.4 Å². The van der Waals surface area contributed by atoms with Crippen LogP contribution in [0, 0.1) is 28.5 Å². The highest BCUT2D eigenvalue weighted by atomic mass is 35.5. The van der Waals surface area contributed by atoms with Crippen molar-refractivity contribution in [2.24, 2.45) is 18.4 Å². The number of rotatable bonds is 6. The van der Waals surface area contributed by atoms with Crippen LogP contribution < -0.4 is 10.2 Å². The molecule has 3 heterocycles. The monoisotopic (exact) mass is 492 g/mol. The number of hydrogen-bond donors (Lipinski definition) is 1. The van der Waals surface area contributed by atoms with Gasteiger partial charge in [0.15, 0.2) is 0 Å². The number of aromatic nitrogens is 3. The fourth-order valence-corrected chi connectivity index (χ4v) is 4.90. The van der Waals surface area contributed by atoms with Crippen LogP contribution in [0.15, 0.2) is 42.7 Å². The predicted octanol–water partition coefficient (Wildman–Crippen LogP) is 4.11. The van der Waals surface area contributed by atoms with E-state index in [4.69, 9.17) is 11.6 Å². The van der Waals surface area contributed by atoms with Crippen LogP contribution in [0.1, 0.15) is 24.8 Å². The van der Waals surface area contributed by atoms with Crippen molar-refractivity contribution < 1.29 is 14.0 Å². The molecule has 1 aliphatic heterocycles. The standard InChI is InChI=1S/C25H22ClFN6O2/c1-32-13-17(12-29-32)16-6-15(7-19(27)9-16)8-23(34)31-22-11-20(10-21(26)30-22)33-5-4-25(14-28,24(33)35)18-2-3-18/h6-7,9-13,18H,2-5,8H2,1H3,(H,30,31,34)/t25-/m1/s1. The summed E-state index contributed by atoms with van der Waals surface area (Å²) in [6.45, 7) is 0.400. The molecular weight excluding hydrogens is 471 g/mol. The third-order valence-electron chi connectivity index (χ3n) is 6.55. The van der Waals surface area contributed by atoms with E-state index in [1.54, 1.807) is 42.3 Å². The van der Waals surface area contributed by atoms with E-state index in [9.17, 15) is 19.2 Å². The van der Waals surface area contributed by atoms with Crippen LogP contribution in [-0.4, -0.2) is 33.1 Å². The van der Waals surface area contributed by atoms with Gasteiger partial charge in [-0.25, -0.2) is 9.37 Å². The van der Waals surface area contributed by atoms with E-state index in [1.807, 2.05) is 0 Å². The van der Waals surface area contributed by atoms with Gasteiger partial charge in [0.25, 0.3) is 0 Å². The second kappa shape index (κ2) is 8.78. The van der Waals surface area contributed by atoms with Gasteiger partial charge in [-0.15, -0.1) is 0 Å². The number of amides is 2. The summed E-state index contributed by atoms with van der Waals surface area (Å²) in [5, 5.41) is 16.6. The summed E-state index contributed by atoms with van der Waals surface area (Å²) in [6, 6.07) is 9.79. The fourth-order valence-electron chi connectivity index (χ4n) is 4.70. The highest BCUT2D eigenvalue weighted by molar-refractivity contribution is 6.30. The van der Waals surface area contributed by atoms with Crippen molar-refractivity contribution in [1.82, 2.24) is 14.8 Å². The molecule has 8 nitrogen and oxygen atoms in total. The van der Waals surface area contributed by atoms with E-state index in [0.29, 0.717) is 29.8 Å². The number of nitrogens with one attached hydrogen (secondary N) is 1. The van der Waals surface area contributed by atoms with Crippen molar-refractivity contribution in [1.29, 1.82) is 5.26 Å². The van der Waals surface area contributed by atoms with Crippen molar-refractivity contribution in [2.75, 3.05) is 16.8 Å². The maximum Gasteiger partial charge on any atom is 0.247 e. The number of aryl methyl sites for hydroxylation is 1. The zero-order chi connectivity index (χ0) is 24.7. The molecular formula is C25H22ClFN6O2. The summed E-state index contributed by atoms with van der Waals surface area (Å²) in [5.41, 5.74) is 1.34. The lowest BCUT2D eigenvalue weighted by Gasteiger charge is -2.21. The zero-order valence-corrected chi connectivity index (χ0v) is 19.7. The van der Waals surface area contributed by atoms with Gasteiger partial charge in [-0.3, -0.25) is 14.3 Å². The Bertz CT molecular complexity index is 1380. The highest BCUT2D eigenvalue weighted by Gasteiger charge is 2.56. The van der Waals surface area contributed by atoms with E-state index in [2.05, 4.69) is 21.5 Å². The number of halogens is 2. The number of pyridine rings is 1. The zero-order valence-electron chi connectivity index (χ0n) is 19.0. The minimum Gasteiger partial charge on any atom is -0.311 e. The third-order valence-corrected chi connectivity index (χ3v) is 6.74. The second-order valence-corrected chi connectivity index (χ2v) is 9.46. The molecule has 1 saturated carbocycles. The van der Waals surface area contributed by atoms with Crippen molar-refractivity contribution in [3.05, 3.63) is 59.3 Å². The first-order chi connectivity index (χ1) is 16.8. The molecule has 0 spiro atoms. The Kier molecular flexibility index (Phi) is 5.77. The molecule has 2 aliphatic rings. The Morgan fingerprint density at radius 2 is 2.09 bits per heavy atom. The SMILES string of the molecule is Cn1cc(-c2cc(F)cc(CC(=O)Nc3cc(N4CC[C@@](C#N)(C5CC5)C4=O)cc(Cl)n3)c2)cn1. The first-order valence-corrected chi connectivity index (χ1v) is 11.6. The van der Waals surface area contributed by atoms with Crippen molar-refractivity contribution >= 4 is 34.9 Å². The molecule has 2 fully saturated rings. The van der Waals surface area contributed by atoms with Crippen molar-refractivity contribution in [3.8, 4) is 17.2 Å². The normalized spacial score (nSPS) is 19.6. The van der Waals surface area contributed by atoms with E-state index < -0.39 is 17.1 Å². The molecule has 178 valence electrons. The molecule has 10 heteroatoms. The first-order valence-electron chi connectivity index (χ1n) is 11.3. The Balaban J connectivity index is 1.33. The summed E-state index contributed by atoms with van der Waals surface area (Å²) in [5.74, 6) is -0.823. The van der Waals surface area contributed by atoms with Crippen LogP contribution in [-0.2, 0) is 23.1 Å². The molecule has 1 N–H and O–H groups in total. The van der Waals surface area contributed by atoms with Crippen LogP contribution in [0.2, 0.25) is 5.15 Å². The Labute approximate surface area is 206 Å². The summed E-state index contributed by atoms with van der Waals surface area (Å²) in [4.78, 5) is 31.5. The molecule has 0 radical (unpaired) electrons. The summed E-state index contributed by atoms with van der Waals surface area (Å²) in [7, 11) is 1.77. The molecule has 2 amide bonds. The van der Waals surface area contributed by atoms with Crippen LogP contribution in [0.3, 0.4) is 0 Å². The van der Waals surface area contributed by atoms with Crippen LogP contribution in [0.25, 0.3) is 11.1 Å². The van der Waals surface area contributed by atoms with Gasteiger partial charge in [-0.05, 0) is 54.5 Å². The molecule has 1 saturated heterocycles. The maximum absolute atomic E-state index is 14.2. The van der Waals surface area contributed by atoms with Gasteiger partial charge in [0.1, 0.15) is 22.2 Å². The average molecular weight is 493 g/mol. The van der Waals surface area contributed by atoms with Gasteiger partial charge in [0.05, 0.1) is 24.4 Å². The molecule has 0 bridgehead atoms.